The standard InChI is InChI=1S/C58H75NO6/c1-39(2)12-11-13-40(3)51-30-31-52-50-29-22-45-38-49(32-35-56(45,4)53(50)33-36-57(51,52)5)65-55(61)59-46-23-16-41(17-24-46)54(60)34-37-64-58(42-14-9-8-10-15-42,43-18-25-47(62-6)26-19-43)44-20-27-48(63-7)28-21-44/h8-10,14-28,39-40,49-54,60H,11-13,29-38H2,1-7H3,(H,59,61)/t40-,49?,50?,51-,52?,53?,54?,56+,57-/m1/s1. The number of aliphatic hydroxyl groups is 1. The van der Waals surface area contributed by atoms with Crippen molar-refractivity contribution >= 4 is 11.8 Å². The summed E-state index contributed by atoms with van der Waals surface area (Å²) in [5, 5.41) is 14.4. The molecule has 348 valence electrons. The van der Waals surface area contributed by atoms with E-state index < -0.39 is 17.8 Å². The largest absolute Gasteiger partial charge is 0.497 e. The van der Waals surface area contributed by atoms with Gasteiger partial charge in [-0.2, -0.15) is 0 Å². The van der Waals surface area contributed by atoms with Gasteiger partial charge in [0.2, 0.25) is 0 Å². The van der Waals surface area contributed by atoms with Gasteiger partial charge in [-0.25, -0.2) is 4.79 Å². The minimum absolute atomic E-state index is 0.123. The van der Waals surface area contributed by atoms with Gasteiger partial charge in [0.1, 0.15) is 23.2 Å². The summed E-state index contributed by atoms with van der Waals surface area (Å²) in [6, 6.07) is 33.4. The second kappa shape index (κ2) is 20.1. The van der Waals surface area contributed by atoms with Crippen LogP contribution in [-0.2, 0) is 15.1 Å². The lowest BCUT2D eigenvalue weighted by molar-refractivity contribution is -0.0577. The molecule has 0 heterocycles. The van der Waals surface area contributed by atoms with Crippen LogP contribution in [0.3, 0.4) is 0 Å². The molecule has 4 aromatic rings. The van der Waals surface area contributed by atoms with E-state index in [-0.39, 0.29) is 18.1 Å². The van der Waals surface area contributed by atoms with Crippen LogP contribution >= 0.6 is 0 Å². The fraction of sp³-hybridized carbons (Fsp3) is 0.534. The molecule has 0 bridgehead atoms. The zero-order valence-electron chi connectivity index (χ0n) is 40.2. The summed E-state index contributed by atoms with van der Waals surface area (Å²) in [4.78, 5) is 13.3. The van der Waals surface area contributed by atoms with Gasteiger partial charge in [0.15, 0.2) is 0 Å². The summed E-state index contributed by atoms with van der Waals surface area (Å²) in [5.41, 5.74) is 5.46. The Morgan fingerprint density at radius 1 is 0.754 bits per heavy atom. The van der Waals surface area contributed by atoms with Crippen LogP contribution in [-0.4, -0.2) is 38.1 Å². The van der Waals surface area contributed by atoms with Gasteiger partial charge in [0.05, 0.1) is 26.9 Å². The fourth-order valence-electron chi connectivity index (χ4n) is 13.4. The van der Waals surface area contributed by atoms with Gasteiger partial charge in [-0.1, -0.05) is 132 Å². The SMILES string of the molecule is COc1ccc(C(OCCC(O)c2ccc(NC(=O)OC3CC[C@@]4(C)C(=CCC5C4CC[C@@]4(C)C5CC[C@@H]4[C@H](C)CCCC(C)C)C3)cc2)(c2ccccc2)c2ccc(OC)cc2)cc1. The van der Waals surface area contributed by atoms with Crippen molar-refractivity contribution < 1.29 is 28.8 Å². The molecule has 1 amide bonds. The predicted molar refractivity (Wildman–Crippen MR) is 261 cm³/mol. The summed E-state index contributed by atoms with van der Waals surface area (Å²) in [7, 11) is 3.32. The van der Waals surface area contributed by atoms with Crippen molar-refractivity contribution in [3.05, 3.63) is 137 Å². The number of carbonyl (C=O) groups excluding carboxylic acids is 1. The Balaban J connectivity index is 0.865. The molecule has 8 rings (SSSR count). The van der Waals surface area contributed by atoms with E-state index in [9.17, 15) is 9.90 Å². The maximum atomic E-state index is 13.3. The number of nitrogens with one attached hydrogen (secondary N) is 1. The number of ether oxygens (including phenoxy) is 4. The highest BCUT2D eigenvalue weighted by molar-refractivity contribution is 5.84. The highest BCUT2D eigenvalue weighted by Gasteiger charge is 2.59. The average Bonchev–Trinajstić information content (AvgIpc) is 3.68. The third-order valence-corrected chi connectivity index (χ3v) is 17.0. The first kappa shape index (κ1) is 46.9. The number of rotatable bonds is 17. The molecule has 0 saturated heterocycles. The normalized spacial score (nSPS) is 27.1. The van der Waals surface area contributed by atoms with E-state index in [1.54, 1.807) is 14.2 Å². The molecule has 9 atom stereocenters. The van der Waals surface area contributed by atoms with Crippen molar-refractivity contribution in [2.24, 2.45) is 46.3 Å². The van der Waals surface area contributed by atoms with Gasteiger partial charge >= 0.3 is 6.09 Å². The van der Waals surface area contributed by atoms with E-state index in [1.165, 1.54) is 56.9 Å². The summed E-state index contributed by atoms with van der Waals surface area (Å²) in [5.74, 6) is 6.36. The van der Waals surface area contributed by atoms with Gasteiger partial charge in [-0.05, 0) is 150 Å². The van der Waals surface area contributed by atoms with Crippen LogP contribution < -0.4 is 14.8 Å². The third kappa shape index (κ3) is 9.66. The molecule has 7 nitrogen and oxygen atoms in total. The minimum atomic E-state index is -0.969. The number of hydrogen-bond acceptors (Lipinski definition) is 6. The lowest BCUT2D eigenvalue weighted by Gasteiger charge is -2.58. The van der Waals surface area contributed by atoms with Crippen molar-refractivity contribution in [2.45, 2.75) is 129 Å². The third-order valence-electron chi connectivity index (χ3n) is 17.0. The first-order chi connectivity index (χ1) is 31.4. The Bertz CT molecular complexity index is 2150. The van der Waals surface area contributed by atoms with Crippen LogP contribution in [0.15, 0.2) is 115 Å². The van der Waals surface area contributed by atoms with Crippen molar-refractivity contribution in [2.75, 3.05) is 26.1 Å². The summed E-state index contributed by atoms with van der Waals surface area (Å²) < 4.78 is 24.1. The molecule has 2 N–H and O–H groups in total. The van der Waals surface area contributed by atoms with Gasteiger partial charge < -0.3 is 24.1 Å². The summed E-state index contributed by atoms with van der Waals surface area (Å²) >= 11 is 0. The maximum Gasteiger partial charge on any atom is 0.411 e. The molecule has 0 radical (unpaired) electrons. The van der Waals surface area contributed by atoms with Crippen molar-refractivity contribution in [1.82, 2.24) is 0 Å². The van der Waals surface area contributed by atoms with Crippen LogP contribution in [0.5, 0.6) is 11.5 Å². The fourth-order valence-corrected chi connectivity index (χ4v) is 13.4. The van der Waals surface area contributed by atoms with E-state index in [1.807, 2.05) is 91.0 Å². The van der Waals surface area contributed by atoms with Crippen LogP contribution in [0.25, 0.3) is 0 Å². The van der Waals surface area contributed by atoms with Gasteiger partial charge in [0.25, 0.3) is 0 Å². The smallest absolute Gasteiger partial charge is 0.411 e. The quantitative estimate of drug-likeness (QED) is 0.0811. The van der Waals surface area contributed by atoms with E-state index >= 15 is 0 Å². The molecular formula is C58H75NO6. The zero-order chi connectivity index (χ0) is 45.8. The first-order valence-electron chi connectivity index (χ1n) is 24.8. The Hall–Kier alpha value is -4.59. The molecular weight excluding hydrogens is 807 g/mol. The van der Waals surface area contributed by atoms with Crippen LogP contribution in [0.1, 0.15) is 140 Å². The zero-order valence-corrected chi connectivity index (χ0v) is 40.2. The highest BCUT2D eigenvalue weighted by atomic mass is 16.6. The van der Waals surface area contributed by atoms with Gasteiger partial charge in [0, 0.05) is 18.5 Å². The molecule has 0 aromatic heterocycles. The molecule has 4 aliphatic rings. The Kier molecular flexibility index (Phi) is 14.5. The Morgan fingerprint density at radius 3 is 2.03 bits per heavy atom. The molecule has 0 spiro atoms. The molecule has 3 saturated carbocycles. The van der Waals surface area contributed by atoms with E-state index in [4.69, 9.17) is 18.9 Å². The average molecular weight is 882 g/mol. The van der Waals surface area contributed by atoms with Crippen molar-refractivity contribution in [3.63, 3.8) is 0 Å². The number of aliphatic hydroxyl groups excluding tert-OH is 1. The van der Waals surface area contributed by atoms with E-state index in [2.05, 4.69) is 58.1 Å². The second-order valence-electron chi connectivity index (χ2n) is 21.0. The molecule has 7 heteroatoms. The van der Waals surface area contributed by atoms with Crippen molar-refractivity contribution in [3.8, 4) is 11.5 Å². The lowest BCUT2D eigenvalue weighted by Crippen LogP contribution is -2.51. The molecule has 65 heavy (non-hydrogen) atoms. The van der Waals surface area contributed by atoms with Gasteiger partial charge in [-0.15, -0.1) is 0 Å². The van der Waals surface area contributed by atoms with Crippen LogP contribution in [0.4, 0.5) is 10.5 Å². The number of methoxy groups -OCH3 is 2. The Morgan fingerprint density at radius 2 is 1.40 bits per heavy atom. The summed E-state index contributed by atoms with van der Waals surface area (Å²) in [6.45, 7) is 12.8. The van der Waals surface area contributed by atoms with Crippen molar-refractivity contribution in [1.29, 1.82) is 0 Å². The number of anilines is 1. The number of benzene rings is 4. The molecule has 3 fully saturated rings. The predicted octanol–water partition coefficient (Wildman–Crippen LogP) is 14.1. The van der Waals surface area contributed by atoms with E-state index in [0.717, 1.165) is 88.5 Å². The molecule has 5 unspecified atom stereocenters. The molecule has 0 aliphatic heterocycles. The lowest BCUT2D eigenvalue weighted by atomic mass is 9.47. The number of hydrogen-bond donors (Lipinski definition) is 2. The number of fused-ring (bicyclic) bond motifs is 5. The monoisotopic (exact) mass is 882 g/mol. The summed E-state index contributed by atoms with van der Waals surface area (Å²) in [6.07, 6.45) is 15.3. The topological polar surface area (TPSA) is 86.2 Å². The maximum absolute atomic E-state index is 13.3. The number of carbonyl (C=O) groups is 1. The number of allylic oxidation sites excluding steroid dienone is 1. The first-order valence-corrected chi connectivity index (χ1v) is 24.8. The Labute approximate surface area is 389 Å². The van der Waals surface area contributed by atoms with Crippen LogP contribution in [0, 0.1) is 46.3 Å². The second-order valence-corrected chi connectivity index (χ2v) is 21.0. The highest BCUT2D eigenvalue weighted by Crippen LogP contribution is 2.67. The minimum Gasteiger partial charge on any atom is -0.497 e. The molecule has 4 aromatic carbocycles. The number of amides is 1. The molecule has 4 aliphatic carbocycles. The van der Waals surface area contributed by atoms with Crippen LogP contribution in [0.2, 0.25) is 0 Å². The van der Waals surface area contributed by atoms with E-state index in [0.29, 0.717) is 17.5 Å². The van der Waals surface area contributed by atoms with Gasteiger partial charge in [-0.3, -0.25) is 5.32 Å².